The van der Waals surface area contributed by atoms with Crippen molar-refractivity contribution < 1.29 is 9.47 Å². The zero-order valence-electron chi connectivity index (χ0n) is 17.5. The van der Waals surface area contributed by atoms with E-state index in [4.69, 9.17) is 9.47 Å². The highest BCUT2D eigenvalue weighted by atomic mass is 16.5. The van der Waals surface area contributed by atoms with Crippen LogP contribution in [0, 0.1) is 0 Å². The van der Waals surface area contributed by atoms with E-state index in [-0.39, 0.29) is 5.69 Å². The summed E-state index contributed by atoms with van der Waals surface area (Å²) in [4.78, 5) is 17.0. The van der Waals surface area contributed by atoms with Crippen LogP contribution in [0.1, 0.15) is 38.4 Å². The van der Waals surface area contributed by atoms with Gasteiger partial charge >= 0.3 is 5.69 Å². The van der Waals surface area contributed by atoms with Gasteiger partial charge in [-0.2, -0.15) is 5.10 Å². The van der Waals surface area contributed by atoms with E-state index in [1.165, 1.54) is 0 Å². The van der Waals surface area contributed by atoms with Gasteiger partial charge in [-0.15, -0.1) is 0 Å². The Kier molecular flexibility index (Phi) is 6.56. The van der Waals surface area contributed by atoms with Crippen LogP contribution in [0.15, 0.2) is 28.0 Å². The van der Waals surface area contributed by atoms with E-state index in [1.807, 2.05) is 29.7 Å². The topological polar surface area (TPSA) is 94.7 Å². The monoisotopic (exact) mass is 414 g/mol. The van der Waals surface area contributed by atoms with E-state index in [1.54, 1.807) is 4.68 Å². The molecule has 4 rings (SSSR count). The Morgan fingerprint density at radius 3 is 2.90 bits per heavy atom. The summed E-state index contributed by atoms with van der Waals surface area (Å²) in [6.07, 6.45) is 4.68. The van der Waals surface area contributed by atoms with Crippen molar-refractivity contribution >= 4 is 11.6 Å². The summed E-state index contributed by atoms with van der Waals surface area (Å²) in [5.41, 5.74) is 0.892. The zero-order chi connectivity index (χ0) is 20.8. The van der Waals surface area contributed by atoms with Gasteiger partial charge in [0.15, 0.2) is 17.5 Å². The Morgan fingerprint density at radius 2 is 2.07 bits per heavy atom. The van der Waals surface area contributed by atoms with Gasteiger partial charge in [-0.25, -0.2) is 9.48 Å². The second kappa shape index (κ2) is 9.69. The summed E-state index contributed by atoms with van der Waals surface area (Å²) >= 11 is 0. The van der Waals surface area contributed by atoms with Crippen LogP contribution >= 0.6 is 0 Å². The van der Waals surface area contributed by atoms with Gasteiger partial charge in [0.1, 0.15) is 5.82 Å². The maximum absolute atomic E-state index is 12.4. The number of aryl methyl sites for hydroxylation is 2. The van der Waals surface area contributed by atoms with Crippen molar-refractivity contribution in [3.63, 3.8) is 0 Å². The number of hydrogen-bond donors (Lipinski definition) is 2. The number of rotatable bonds is 6. The first kappa shape index (κ1) is 20.3. The fraction of sp³-hybridized carbons (Fsp3) is 0.571. The Bertz CT molecular complexity index is 949. The Labute approximate surface area is 176 Å². The number of fused-ring (bicyclic) bond motifs is 2. The molecule has 0 amide bonds. The van der Waals surface area contributed by atoms with Crippen LogP contribution in [-0.2, 0) is 19.5 Å². The third-order valence-corrected chi connectivity index (χ3v) is 5.18. The second-order valence-electron chi connectivity index (χ2n) is 7.48. The number of nitrogens with one attached hydrogen (secondary N) is 2. The van der Waals surface area contributed by atoms with Crippen molar-refractivity contribution in [2.45, 2.75) is 52.1 Å². The molecule has 1 aromatic carbocycles. The van der Waals surface area contributed by atoms with Crippen LogP contribution < -0.4 is 25.8 Å². The van der Waals surface area contributed by atoms with E-state index < -0.39 is 0 Å². The van der Waals surface area contributed by atoms with Gasteiger partial charge in [-0.1, -0.05) is 0 Å². The lowest BCUT2D eigenvalue weighted by molar-refractivity contribution is 0.297. The molecule has 162 valence electrons. The number of guanidine groups is 1. The second-order valence-corrected chi connectivity index (χ2v) is 7.48. The molecule has 2 aliphatic rings. The van der Waals surface area contributed by atoms with Gasteiger partial charge in [0, 0.05) is 50.8 Å². The molecule has 0 spiro atoms. The molecule has 30 heavy (non-hydrogen) atoms. The minimum atomic E-state index is 0.00547. The molecule has 9 heteroatoms. The van der Waals surface area contributed by atoms with E-state index in [0.717, 1.165) is 68.2 Å². The van der Waals surface area contributed by atoms with Crippen molar-refractivity contribution in [1.29, 1.82) is 0 Å². The molecule has 0 bridgehead atoms. The standard InChI is InChI=1S/C21H30N6O3/c1-2-22-20(24-16-8-9-17-18(15-16)30-14-6-13-29-17)23-10-5-12-27-21(28)26-11-4-3-7-19(26)25-27/h8-9,15H,2-7,10-14H2,1H3,(H2,22,23,24). The number of benzene rings is 1. The van der Waals surface area contributed by atoms with Crippen LogP contribution in [0.5, 0.6) is 11.5 Å². The molecule has 1 aromatic heterocycles. The molecule has 0 atom stereocenters. The first-order chi connectivity index (χ1) is 14.7. The molecule has 0 radical (unpaired) electrons. The summed E-state index contributed by atoms with van der Waals surface area (Å²) in [6, 6.07) is 5.80. The summed E-state index contributed by atoms with van der Waals surface area (Å²) < 4.78 is 14.8. The molecule has 0 fully saturated rings. The largest absolute Gasteiger partial charge is 0.490 e. The minimum Gasteiger partial charge on any atom is -0.490 e. The quantitative estimate of drug-likeness (QED) is 0.427. The normalized spacial score (nSPS) is 16.0. The SMILES string of the molecule is CCNC(=NCCCn1nc2n(c1=O)CCCC2)Nc1ccc2c(c1)OCCCO2. The molecule has 2 aromatic rings. The van der Waals surface area contributed by atoms with Crippen LogP contribution in [0.25, 0.3) is 0 Å². The average Bonchev–Trinajstić information content (AvgIpc) is 2.92. The van der Waals surface area contributed by atoms with E-state index >= 15 is 0 Å². The van der Waals surface area contributed by atoms with Gasteiger partial charge in [-0.05, 0) is 38.3 Å². The number of aliphatic imine (C=N–C) groups is 1. The van der Waals surface area contributed by atoms with Crippen LogP contribution in [-0.4, -0.2) is 46.6 Å². The Morgan fingerprint density at radius 1 is 1.20 bits per heavy atom. The molecule has 9 nitrogen and oxygen atoms in total. The third-order valence-electron chi connectivity index (χ3n) is 5.18. The lowest BCUT2D eigenvalue weighted by atomic mass is 10.2. The summed E-state index contributed by atoms with van der Waals surface area (Å²) in [5.74, 6) is 3.13. The van der Waals surface area contributed by atoms with Crippen molar-refractivity contribution in [2.75, 3.05) is 31.6 Å². The highest BCUT2D eigenvalue weighted by Crippen LogP contribution is 2.32. The van der Waals surface area contributed by atoms with Gasteiger partial charge in [-0.3, -0.25) is 9.56 Å². The molecule has 2 aliphatic heterocycles. The van der Waals surface area contributed by atoms with Gasteiger partial charge in [0.05, 0.1) is 13.2 Å². The van der Waals surface area contributed by atoms with Crippen molar-refractivity contribution in [1.82, 2.24) is 19.7 Å². The molecule has 0 saturated heterocycles. The Hall–Kier alpha value is -2.97. The first-order valence-corrected chi connectivity index (χ1v) is 10.9. The zero-order valence-corrected chi connectivity index (χ0v) is 17.5. The maximum Gasteiger partial charge on any atom is 0.345 e. The lowest BCUT2D eigenvalue weighted by Crippen LogP contribution is -2.31. The van der Waals surface area contributed by atoms with Gasteiger partial charge in [0.2, 0.25) is 0 Å². The highest BCUT2D eigenvalue weighted by Gasteiger charge is 2.16. The van der Waals surface area contributed by atoms with Gasteiger partial charge < -0.3 is 20.1 Å². The number of nitrogens with zero attached hydrogens (tertiary/aromatic N) is 4. The van der Waals surface area contributed by atoms with Gasteiger partial charge in [0.25, 0.3) is 0 Å². The third kappa shape index (κ3) is 4.77. The maximum atomic E-state index is 12.4. The Balaban J connectivity index is 1.36. The molecule has 0 unspecified atom stereocenters. The van der Waals surface area contributed by atoms with Crippen molar-refractivity contribution in [3.05, 3.63) is 34.5 Å². The minimum absolute atomic E-state index is 0.00547. The molecule has 3 heterocycles. The molecular weight excluding hydrogens is 384 g/mol. The van der Waals surface area contributed by atoms with E-state index in [2.05, 4.69) is 20.7 Å². The number of anilines is 1. The first-order valence-electron chi connectivity index (χ1n) is 10.9. The number of ether oxygens (including phenoxy) is 2. The fourth-order valence-corrected chi connectivity index (χ4v) is 3.69. The number of aromatic nitrogens is 3. The number of hydrogen-bond acceptors (Lipinski definition) is 5. The lowest BCUT2D eigenvalue weighted by Gasteiger charge is -2.13. The molecular formula is C21H30N6O3. The molecule has 0 saturated carbocycles. The highest BCUT2D eigenvalue weighted by molar-refractivity contribution is 5.93. The predicted molar refractivity (Wildman–Crippen MR) is 116 cm³/mol. The molecule has 2 N–H and O–H groups in total. The predicted octanol–water partition coefficient (Wildman–Crippen LogP) is 2.01. The van der Waals surface area contributed by atoms with Crippen LogP contribution in [0.2, 0.25) is 0 Å². The van der Waals surface area contributed by atoms with Crippen molar-refractivity contribution in [2.24, 2.45) is 4.99 Å². The fourth-order valence-electron chi connectivity index (χ4n) is 3.69. The summed E-state index contributed by atoms with van der Waals surface area (Å²) in [6.45, 7) is 6.06. The summed E-state index contributed by atoms with van der Waals surface area (Å²) in [5, 5.41) is 11.0. The van der Waals surface area contributed by atoms with E-state index in [0.29, 0.717) is 32.3 Å². The van der Waals surface area contributed by atoms with Crippen LogP contribution in [0.4, 0.5) is 5.69 Å². The summed E-state index contributed by atoms with van der Waals surface area (Å²) in [7, 11) is 0. The van der Waals surface area contributed by atoms with E-state index in [9.17, 15) is 4.79 Å². The average molecular weight is 415 g/mol. The van der Waals surface area contributed by atoms with Crippen LogP contribution in [0.3, 0.4) is 0 Å². The van der Waals surface area contributed by atoms with Crippen molar-refractivity contribution in [3.8, 4) is 11.5 Å². The molecule has 0 aliphatic carbocycles. The smallest absolute Gasteiger partial charge is 0.345 e.